The Kier molecular flexibility index (Phi) is 3.94. The van der Waals surface area contributed by atoms with Crippen molar-refractivity contribution in [2.24, 2.45) is 0 Å². The van der Waals surface area contributed by atoms with Crippen LogP contribution in [0.15, 0.2) is 49.3 Å². The number of nitrogens with zero attached hydrogens (tertiary/aromatic N) is 2. The molecule has 0 radical (unpaired) electrons. The minimum absolute atomic E-state index is 0.193. The van der Waals surface area contributed by atoms with E-state index >= 15 is 0 Å². The Morgan fingerprint density at radius 1 is 1.38 bits per heavy atom. The SMILES string of the molecule is CN(Cc1ccc(Br)s1)C(=O)c1cc(-c2ccco2)on1. The quantitative estimate of drug-likeness (QED) is 0.699. The molecule has 108 valence electrons. The van der Waals surface area contributed by atoms with E-state index in [1.165, 1.54) is 0 Å². The van der Waals surface area contributed by atoms with Crippen molar-refractivity contribution in [1.82, 2.24) is 10.1 Å². The van der Waals surface area contributed by atoms with E-state index in [-0.39, 0.29) is 11.6 Å². The van der Waals surface area contributed by atoms with Gasteiger partial charge in [-0.3, -0.25) is 4.79 Å². The highest BCUT2D eigenvalue weighted by atomic mass is 79.9. The van der Waals surface area contributed by atoms with Crippen LogP contribution in [0.3, 0.4) is 0 Å². The van der Waals surface area contributed by atoms with Gasteiger partial charge in [0.05, 0.1) is 16.6 Å². The third kappa shape index (κ3) is 3.08. The van der Waals surface area contributed by atoms with Crippen LogP contribution in [0, 0.1) is 0 Å². The van der Waals surface area contributed by atoms with Crippen LogP contribution >= 0.6 is 27.3 Å². The standard InChI is InChI=1S/C14H11BrN2O3S/c1-17(8-9-4-5-13(15)21-9)14(18)10-7-12(20-16-10)11-3-2-6-19-11/h2-7H,8H2,1H3. The fourth-order valence-electron chi connectivity index (χ4n) is 1.85. The molecule has 21 heavy (non-hydrogen) atoms. The lowest BCUT2D eigenvalue weighted by atomic mass is 10.3. The molecule has 0 bridgehead atoms. The number of halogens is 1. The molecule has 3 rings (SSSR count). The molecule has 0 N–H and O–H groups in total. The molecule has 0 saturated carbocycles. The van der Waals surface area contributed by atoms with Gasteiger partial charge in [0.2, 0.25) is 5.76 Å². The van der Waals surface area contributed by atoms with E-state index in [0.717, 1.165) is 8.66 Å². The molecular formula is C14H11BrN2O3S. The fourth-order valence-corrected chi connectivity index (χ4v) is 3.39. The van der Waals surface area contributed by atoms with Crippen LogP contribution < -0.4 is 0 Å². The van der Waals surface area contributed by atoms with Gasteiger partial charge >= 0.3 is 0 Å². The number of aromatic nitrogens is 1. The lowest BCUT2D eigenvalue weighted by molar-refractivity contribution is 0.0776. The first-order valence-electron chi connectivity index (χ1n) is 6.14. The average molecular weight is 367 g/mol. The number of rotatable bonds is 4. The van der Waals surface area contributed by atoms with E-state index in [0.29, 0.717) is 18.1 Å². The number of furan rings is 1. The molecule has 0 aromatic carbocycles. The summed E-state index contributed by atoms with van der Waals surface area (Å²) in [4.78, 5) is 15.0. The van der Waals surface area contributed by atoms with Crippen LogP contribution in [0.1, 0.15) is 15.4 Å². The predicted octanol–water partition coefficient (Wildman–Crippen LogP) is 4.03. The summed E-state index contributed by atoms with van der Waals surface area (Å²) in [6, 6.07) is 9.03. The molecule has 3 aromatic rings. The number of hydrogen-bond acceptors (Lipinski definition) is 5. The molecule has 7 heteroatoms. The maximum Gasteiger partial charge on any atom is 0.276 e. The zero-order valence-electron chi connectivity index (χ0n) is 11.1. The van der Waals surface area contributed by atoms with Gasteiger partial charge in [0, 0.05) is 18.0 Å². The summed E-state index contributed by atoms with van der Waals surface area (Å²) in [5, 5.41) is 3.81. The van der Waals surface area contributed by atoms with E-state index in [9.17, 15) is 4.79 Å². The van der Waals surface area contributed by atoms with E-state index in [4.69, 9.17) is 8.94 Å². The van der Waals surface area contributed by atoms with Gasteiger partial charge in [-0.1, -0.05) is 5.16 Å². The number of hydrogen-bond donors (Lipinski definition) is 0. The average Bonchev–Trinajstić information content (AvgIpc) is 3.18. The van der Waals surface area contributed by atoms with E-state index < -0.39 is 0 Å². The monoisotopic (exact) mass is 366 g/mol. The van der Waals surface area contributed by atoms with Gasteiger partial charge in [-0.05, 0) is 40.2 Å². The molecule has 0 saturated heterocycles. The van der Waals surface area contributed by atoms with Gasteiger partial charge < -0.3 is 13.8 Å². The third-order valence-electron chi connectivity index (χ3n) is 2.86. The molecule has 0 spiro atoms. The first-order valence-corrected chi connectivity index (χ1v) is 7.74. The highest BCUT2D eigenvalue weighted by molar-refractivity contribution is 9.11. The summed E-state index contributed by atoms with van der Waals surface area (Å²) in [6.07, 6.45) is 1.54. The maximum absolute atomic E-state index is 12.3. The second-order valence-electron chi connectivity index (χ2n) is 4.42. The van der Waals surface area contributed by atoms with Crippen LogP contribution in [0.4, 0.5) is 0 Å². The molecule has 0 atom stereocenters. The second kappa shape index (κ2) is 5.87. The second-order valence-corrected chi connectivity index (χ2v) is 6.97. The van der Waals surface area contributed by atoms with Crippen molar-refractivity contribution in [2.75, 3.05) is 7.05 Å². The van der Waals surface area contributed by atoms with Crippen molar-refractivity contribution in [3.63, 3.8) is 0 Å². The number of carbonyl (C=O) groups excluding carboxylic acids is 1. The van der Waals surface area contributed by atoms with Gasteiger partial charge in [0.15, 0.2) is 11.5 Å². The van der Waals surface area contributed by atoms with E-state index in [2.05, 4.69) is 21.1 Å². The molecule has 0 unspecified atom stereocenters. The van der Waals surface area contributed by atoms with E-state index in [1.807, 2.05) is 12.1 Å². The van der Waals surface area contributed by atoms with Crippen molar-refractivity contribution < 1.29 is 13.7 Å². The molecule has 3 aromatic heterocycles. The molecule has 0 aliphatic heterocycles. The first kappa shape index (κ1) is 14.1. The summed E-state index contributed by atoms with van der Waals surface area (Å²) in [5.74, 6) is 0.795. The fraction of sp³-hybridized carbons (Fsp3) is 0.143. The van der Waals surface area contributed by atoms with Crippen molar-refractivity contribution in [1.29, 1.82) is 0 Å². The Labute approximate surface area is 133 Å². The smallest absolute Gasteiger partial charge is 0.276 e. The Balaban J connectivity index is 1.72. The largest absolute Gasteiger partial charge is 0.461 e. The minimum atomic E-state index is -0.193. The summed E-state index contributed by atoms with van der Waals surface area (Å²) >= 11 is 5.00. The third-order valence-corrected chi connectivity index (χ3v) is 4.47. The minimum Gasteiger partial charge on any atom is -0.461 e. The number of carbonyl (C=O) groups is 1. The molecule has 0 fully saturated rings. The Hall–Kier alpha value is -1.86. The van der Waals surface area contributed by atoms with Crippen LogP contribution in [-0.4, -0.2) is 23.0 Å². The molecule has 3 heterocycles. The molecule has 0 aliphatic rings. The molecule has 5 nitrogen and oxygen atoms in total. The summed E-state index contributed by atoms with van der Waals surface area (Å²) < 4.78 is 11.4. The van der Waals surface area contributed by atoms with Crippen molar-refractivity contribution in [2.45, 2.75) is 6.54 Å². The summed E-state index contributed by atoms with van der Waals surface area (Å²) in [5.41, 5.74) is 0.263. The van der Waals surface area contributed by atoms with Gasteiger partial charge in [-0.2, -0.15) is 0 Å². The van der Waals surface area contributed by atoms with Crippen LogP contribution in [0.25, 0.3) is 11.5 Å². The van der Waals surface area contributed by atoms with Crippen LogP contribution in [0.2, 0.25) is 0 Å². The van der Waals surface area contributed by atoms with E-state index in [1.54, 1.807) is 47.7 Å². The van der Waals surface area contributed by atoms with Gasteiger partial charge in [-0.15, -0.1) is 11.3 Å². The van der Waals surface area contributed by atoms with Crippen molar-refractivity contribution in [3.8, 4) is 11.5 Å². The highest BCUT2D eigenvalue weighted by Crippen LogP contribution is 2.24. The summed E-state index contributed by atoms with van der Waals surface area (Å²) in [7, 11) is 1.73. The Morgan fingerprint density at radius 2 is 2.24 bits per heavy atom. The molecule has 1 amide bonds. The van der Waals surface area contributed by atoms with Crippen LogP contribution in [0.5, 0.6) is 0 Å². The molecular weight excluding hydrogens is 356 g/mol. The van der Waals surface area contributed by atoms with Gasteiger partial charge in [0.25, 0.3) is 5.91 Å². The topological polar surface area (TPSA) is 59.5 Å². The normalized spacial score (nSPS) is 10.8. The van der Waals surface area contributed by atoms with Gasteiger partial charge in [0.1, 0.15) is 0 Å². The number of thiophene rings is 1. The first-order chi connectivity index (χ1) is 10.1. The Bertz CT molecular complexity index is 748. The highest BCUT2D eigenvalue weighted by Gasteiger charge is 2.19. The van der Waals surface area contributed by atoms with Crippen molar-refractivity contribution >= 4 is 33.2 Å². The molecule has 0 aliphatic carbocycles. The van der Waals surface area contributed by atoms with Crippen LogP contribution in [-0.2, 0) is 6.54 Å². The zero-order valence-corrected chi connectivity index (χ0v) is 13.5. The Morgan fingerprint density at radius 3 is 2.90 bits per heavy atom. The summed E-state index contributed by atoms with van der Waals surface area (Å²) in [6.45, 7) is 0.526. The predicted molar refractivity (Wildman–Crippen MR) is 82.0 cm³/mol. The lowest BCUT2D eigenvalue weighted by Gasteiger charge is -2.13. The van der Waals surface area contributed by atoms with Gasteiger partial charge in [-0.25, -0.2) is 0 Å². The van der Waals surface area contributed by atoms with Crippen molar-refractivity contribution in [3.05, 3.63) is 51.0 Å². The zero-order chi connectivity index (χ0) is 14.8. The lowest BCUT2D eigenvalue weighted by Crippen LogP contribution is -2.26. The number of amides is 1. The maximum atomic E-state index is 12.3.